The lowest BCUT2D eigenvalue weighted by Crippen LogP contribution is -2.25. The highest BCUT2D eigenvalue weighted by molar-refractivity contribution is 6.13. The topological polar surface area (TPSA) is 71.1 Å². The lowest BCUT2D eigenvalue weighted by atomic mass is 10.1. The number of nitrogens with zero attached hydrogens (tertiary/aromatic N) is 2. The number of carbonyl (C=O) groups is 2. The van der Waals surface area contributed by atoms with Crippen LogP contribution in [0.4, 0.5) is 10.5 Å². The Balaban J connectivity index is 2.02. The van der Waals surface area contributed by atoms with E-state index in [2.05, 4.69) is 10.2 Å². The summed E-state index contributed by atoms with van der Waals surface area (Å²) in [6, 6.07) is 3.31. The smallest absolute Gasteiger partial charge is 0.328 e. The number of anilines is 1. The van der Waals surface area contributed by atoms with E-state index in [-0.39, 0.29) is 11.6 Å². The summed E-state index contributed by atoms with van der Waals surface area (Å²) in [4.78, 5) is 26.9. The first kappa shape index (κ1) is 16.2. The third-order valence-electron chi connectivity index (χ3n) is 4.36. The number of methoxy groups -OCH3 is 2. The molecule has 0 spiro atoms. The van der Waals surface area contributed by atoms with Crippen LogP contribution < -0.4 is 19.7 Å². The third kappa shape index (κ3) is 2.77. The lowest BCUT2D eigenvalue weighted by molar-refractivity contribution is -0.121. The molecule has 2 aliphatic heterocycles. The number of amides is 3. The Hall–Kier alpha value is -2.70. The molecule has 2 fully saturated rings. The summed E-state index contributed by atoms with van der Waals surface area (Å²) in [6.07, 6.45) is 3.92. The van der Waals surface area contributed by atoms with Gasteiger partial charge in [0, 0.05) is 31.8 Å². The fourth-order valence-electron chi connectivity index (χ4n) is 3.00. The van der Waals surface area contributed by atoms with Gasteiger partial charge in [0.2, 0.25) is 0 Å². The third-order valence-corrected chi connectivity index (χ3v) is 4.36. The maximum absolute atomic E-state index is 12.0. The molecule has 2 saturated heterocycles. The Bertz CT molecular complexity index is 708. The first-order valence-corrected chi connectivity index (χ1v) is 7.87. The summed E-state index contributed by atoms with van der Waals surface area (Å²) in [5.41, 5.74) is 1.88. The van der Waals surface area contributed by atoms with Gasteiger partial charge in [0.25, 0.3) is 5.91 Å². The molecule has 3 rings (SSSR count). The molecule has 0 saturated carbocycles. The monoisotopic (exact) mass is 331 g/mol. The van der Waals surface area contributed by atoms with Crippen molar-refractivity contribution in [3.05, 3.63) is 23.4 Å². The number of carbonyl (C=O) groups excluding carboxylic acids is 2. The molecule has 0 atom stereocenters. The van der Waals surface area contributed by atoms with Crippen LogP contribution in [0.5, 0.6) is 11.5 Å². The van der Waals surface area contributed by atoms with Gasteiger partial charge in [-0.05, 0) is 25.0 Å². The molecule has 1 aromatic carbocycles. The molecule has 2 heterocycles. The van der Waals surface area contributed by atoms with E-state index in [0.717, 1.165) is 42.3 Å². The molecular formula is C17H21N3O4. The van der Waals surface area contributed by atoms with E-state index < -0.39 is 6.03 Å². The van der Waals surface area contributed by atoms with Crippen LogP contribution in [0.1, 0.15) is 18.4 Å². The second kappa shape index (κ2) is 6.43. The summed E-state index contributed by atoms with van der Waals surface area (Å²) in [5.74, 6) is 0.973. The molecule has 1 aromatic rings. The van der Waals surface area contributed by atoms with Crippen molar-refractivity contribution in [1.82, 2.24) is 10.2 Å². The standard InChI is InChI=1S/C17H21N3O4/c1-19-16(21)12(18-17(19)22)8-11-9-15(24-3)13(10-14(11)23-2)20-6-4-5-7-20/h8-10H,4-7H2,1-3H3,(H,18,22)/b12-8+. The van der Waals surface area contributed by atoms with Crippen LogP contribution in [0, 0.1) is 0 Å². The molecule has 1 N–H and O–H groups in total. The van der Waals surface area contributed by atoms with Gasteiger partial charge >= 0.3 is 6.03 Å². The van der Waals surface area contributed by atoms with E-state index in [1.807, 2.05) is 12.1 Å². The predicted molar refractivity (Wildman–Crippen MR) is 90.3 cm³/mol. The summed E-state index contributed by atoms with van der Waals surface area (Å²) in [6.45, 7) is 1.97. The van der Waals surface area contributed by atoms with Crippen molar-refractivity contribution in [2.45, 2.75) is 12.8 Å². The van der Waals surface area contributed by atoms with Gasteiger partial charge in [0.1, 0.15) is 17.2 Å². The zero-order valence-electron chi connectivity index (χ0n) is 14.1. The first-order valence-electron chi connectivity index (χ1n) is 7.87. The minimum atomic E-state index is -0.439. The van der Waals surface area contributed by atoms with Crippen LogP contribution >= 0.6 is 0 Å². The number of hydrogen-bond acceptors (Lipinski definition) is 5. The van der Waals surface area contributed by atoms with Crippen molar-refractivity contribution in [2.24, 2.45) is 0 Å². The minimum absolute atomic E-state index is 0.219. The highest BCUT2D eigenvalue weighted by atomic mass is 16.5. The van der Waals surface area contributed by atoms with Crippen molar-refractivity contribution in [1.29, 1.82) is 0 Å². The number of imide groups is 1. The number of benzene rings is 1. The molecular weight excluding hydrogens is 310 g/mol. The number of likely N-dealkylation sites (N-methyl/N-ethyl adjacent to an activating group) is 1. The van der Waals surface area contributed by atoms with Gasteiger partial charge in [-0.15, -0.1) is 0 Å². The molecule has 128 valence electrons. The van der Waals surface area contributed by atoms with Gasteiger partial charge in [-0.25, -0.2) is 4.79 Å². The van der Waals surface area contributed by atoms with Crippen molar-refractivity contribution >= 4 is 23.7 Å². The SMILES string of the molecule is COc1cc(N2CCCC2)c(OC)cc1/C=C1/NC(=O)N(C)C1=O. The molecule has 24 heavy (non-hydrogen) atoms. The van der Waals surface area contributed by atoms with E-state index in [9.17, 15) is 9.59 Å². The van der Waals surface area contributed by atoms with E-state index in [1.165, 1.54) is 7.05 Å². The number of nitrogens with one attached hydrogen (secondary N) is 1. The summed E-state index contributed by atoms with van der Waals surface area (Å²) >= 11 is 0. The molecule has 3 amide bonds. The Morgan fingerprint density at radius 1 is 1.08 bits per heavy atom. The summed E-state index contributed by atoms with van der Waals surface area (Å²) < 4.78 is 11.0. The van der Waals surface area contributed by atoms with Crippen molar-refractivity contribution in [3.63, 3.8) is 0 Å². The van der Waals surface area contributed by atoms with Gasteiger partial charge in [-0.1, -0.05) is 0 Å². The van der Waals surface area contributed by atoms with Crippen LogP contribution in [-0.2, 0) is 4.79 Å². The molecule has 0 radical (unpaired) electrons. The maximum Gasteiger partial charge on any atom is 0.328 e. The van der Waals surface area contributed by atoms with Gasteiger partial charge in [0.05, 0.1) is 19.9 Å². The second-order valence-corrected chi connectivity index (χ2v) is 5.81. The highest BCUT2D eigenvalue weighted by Crippen LogP contribution is 2.38. The molecule has 0 unspecified atom stereocenters. The number of ether oxygens (including phenoxy) is 2. The van der Waals surface area contributed by atoms with Gasteiger partial charge in [0.15, 0.2) is 0 Å². The fourth-order valence-corrected chi connectivity index (χ4v) is 3.00. The first-order chi connectivity index (χ1) is 11.5. The summed E-state index contributed by atoms with van der Waals surface area (Å²) in [7, 11) is 4.64. The van der Waals surface area contributed by atoms with Crippen LogP contribution in [0.3, 0.4) is 0 Å². The minimum Gasteiger partial charge on any atom is -0.496 e. The second-order valence-electron chi connectivity index (χ2n) is 5.81. The van der Waals surface area contributed by atoms with E-state index in [4.69, 9.17) is 9.47 Å². The summed E-state index contributed by atoms with van der Waals surface area (Å²) in [5, 5.41) is 2.55. The normalized spacial score (nSPS) is 19.2. The zero-order chi connectivity index (χ0) is 17.3. The molecule has 2 aliphatic rings. The zero-order valence-corrected chi connectivity index (χ0v) is 14.1. The fraction of sp³-hybridized carbons (Fsp3) is 0.412. The molecule has 0 aromatic heterocycles. The Labute approximate surface area is 140 Å². The number of urea groups is 1. The molecule has 0 aliphatic carbocycles. The van der Waals surface area contributed by atoms with E-state index in [1.54, 1.807) is 20.3 Å². The van der Waals surface area contributed by atoms with Crippen molar-refractivity contribution < 1.29 is 19.1 Å². The van der Waals surface area contributed by atoms with Crippen LogP contribution in [0.25, 0.3) is 6.08 Å². The number of rotatable bonds is 4. The van der Waals surface area contributed by atoms with Crippen molar-refractivity contribution in [2.75, 3.05) is 39.3 Å². The maximum atomic E-state index is 12.0. The van der Waals surface area contributed by atoms with Crippen LogP contribution in [0.15, 0.2) is 17.8 Å². The van der Waals surface area contributed by atoms with Crippen molar-refractivity contribution in [3.8, 4) is 11.5 Å². The van der Waals surface area contributed by atoms with E-state index >= 15 is 0 Å². The highest BCUT2D eigenvalue weighted by Gasteiger charge is 2.30. The molecule has 7 nitrogen and oxygen atoms in total. The Morgan fingerprint density at radius 3 is 2.29 bits per heavy atom. The quantitative estimate of drug-likeness (QED) is 0.673. The van der Waals surface area contributed by atoms with Gasteiger partial charge in [-0.2, -0.15) is 0 Å². The number of hydrogen-bond donors (Lipinski definition) is 1. The predicted octanol–water partition coefficient (Wildman–Crippen LogP) is 1.83. The van der Waals surface area contributed by atoms with E-state index in [0.29, 0.717) is 11.3 Å². The molecule has 7 heteroatoms. The Morgan fingerprint density at radius 2 is 1.75 bits per heavy atom. The van der Waals surface area contributed by atoms with Crippen LogP contribution in [-0.4, -0.2) is 51.2 Å². The lowest BCUT2D eigenvalue weighted by Gasteiger charge is -2.22. The average molecular weight is 331 g/mol. The largest absolute Gasteiger partial charge is 0.496 e. The Kier molecular flexibility index (Phi) is 4.33. The average Bonchev–Trinajstić information content (AvgIpc) is 3.20. The molecule has 0 bridgehead atoms. The van der Waals surface area contributed by atoms with Crippen LogP contribution in [0.2, 0.25) is 0 Å². The van der Waals surface area contributed by atoms with Gasteiger partial charge < -0.3 is 19.7 Å². The van der Waals surface area contributed by atoms with Gasteiger partial charge in [-0.3, -0.25) is 9.69 Å².